The summed E-state index contributed by atoms with van der Waals surface area (Å²) in [6.45, 7) is 4.74. The first-order valence-electron chi connectivity index (χ1n) is 17.4. The molecule has 3 heterocycles. The molecule has 0 bridgehead atoms. The Morgan fingerprint density at radius 2 is 1.38 bits per heavy atom. The molecule has 0 aliphatic carbocycles. The highest BCUT2D eigenvalue weighted by atomic mass is 19.4. The van der Waals surface area contributed by atoms with E-state index in [1.807, 2.05) is 71.3 Å². The molecule has 1 atom stereocenters. The van der Waals surface area contributed by atoms with Crippen LogP contribution in [-0.4, -0.2) is 38.0 Å². The van der Waals surface area contributed by atoms with E-state index in [4.69, 9.17) is 14.2 Å². The van der Waals surface area contributed by atoms with E-state index in [2.05, 4.69) is 53.5 Å². The van der Waals surface area contributed by atoms with Crippen molar-refractivity contribution in [2.24, 2.45) is 0 Å². The Labute approximate surface area is 299 Å². The zero-order valence-electron chi connectivity index (χ0n) is 28.7. The normalized spacial score (nSPS) is 17.4. The molecule has 1 saturated heterocycles. The summed E-state index contributed by atoms with van der Waals surface area (Å²) in [5, 5.41) is 3.78. The third kappa shape index (κ3) is 5.12. The molecule has 1 fully saturated rings. The van der Waals surface area contributed by atoms with Crippen molar-refractivity contribution in [3.8, 4) is 17.2 Å². The number of aromatic nitrogens is 1. The lowest BCUT2D eigenvalue weighted by atomic mass is 9.82. The zero-order valence-corrected chi connectivity index (χ0v) is 28.7. The van der Waals surface area contributed by atoms with Gasteiger partial charge in [0, 0.05) is 57.3 Å². The first-order chi connectivity index (χ1) is 25.2. The summed E-state index contributed by atoms with van der Waals surface area (Å²) in [6.07, 6.45) is -0.331. The second-order valence-corrected chi connectivity index (χ2v) is 13.5. The Morgan fingerprint density at radius 1 is 0.731 bits per heavy atom. The number of anilines is 1. The first kappa shape index (κ1) is 32.2. The van der Waals surface area contributed by atoms with Crippen LogP contribution in [0.5, 0.6) is 11.5 Å². The van der Waals surface area contributed by atoms with Crippen molar-refractivity contribution < 1.29 is 27.4 Å². The summed E-state index contributed by atoms with van der Waals surface area (Å²) in [5.41, 5.74) is 4.62. The largest absolute Gasteiger partial charge is 0.497 e. The quantitative estimate of drug-likeness (QED) is 0.180. The van der Waals surface area contributed by atoms with Crippen LogP contribution in [-0.2, 0) is 16.5 Å². The maximum atomic E-state index is 14.2. The van der Waals surface area contributed by atoms with Gasteiger partial charge in [0.15, 0.2) is 5.60 Å². The number of morpholine rings is 1. The van der Waals surface area contributed by atoms with Crippen LogP contribution in [0.4, 0.5) is 18.9 Å². The molecule has 0 radical (unpaired) electrons. The lowest BCUT2D eigenvalue weighted by Gasteiger charge is -2.37. The molecule has 2 aliphatic heterocycles. The van der Waals surface area contributed by atoms with E-state index in [1.165, 1.54) is 12.1 Å². The molecular formula is C44H35F3N2O3. The smallest absolute Gasteiger partial charge is 0.416 e. The Balaban J connectivity index is 1.32. The number of benzene rings is 6. The van der Waals surface area contributed by atoms with Gasteiger partial charge in [0.2, 0.25) is 0 Å². The highest BCUT2D eigenvalue weighted by Crippen LogP contribution is 2.51. The van der Waals surface area contributed by atoms with Crippen LogP contribution in [0.25, 0.3) is 44.3 Å². The van der Waals surface area contributed by atoms with Crippen LogP contribution in [0.2, 0.25) is 0 Å². The van der Waals surface area contributed by atoms with Crippen LogP contribution < -0.4 is 14.4 Å². The predicted octanol–water partition coefficient (Wildman–Crippen LogP) is 10.5. The summed E-state index contributed by atoms with van der Waals surface area (Å²) in [6, 6.07) is 36.7. The van der Waals surface area contributed by atoms with Gasteiger partial charge in [-0.25, -0.2) is 0 Å². The highest BCUT2D eigenvalue weighted by molar-refractivity contribution is 6.25. The summed E-state index contributed by atoms with van der Waals surface area (Å²) < 4.78 is 63.1. The number of para-hydroxylation sites is 1. The number of nitrogens with zero attached hydrogens (tertiary/aromatic N) is 2. The Hall–Kier alpha value is -5.73. The Bertz CT molecular complexity index is 2510. The van der Waals surface area contributed by atoms with Crippen LogP contribution in [0, 0.1) is 6.92 Å². The van der Waals surface area contributed by atoms with Crippen molar-refractivity contribution in [1.82, 2.24) is 4.57 Å². The summed E-state index contributed by atoms with van der Waals surface area (Å²) in [5.74, 6) is 1.39. The van der Waals surface area contributed by atoms with Crippen molar-refractivity contribution in [3.05, 3.63) is 149 Å². The van der Waals surface area contributed by atoms with Crippen molar-refractivity contribution >= 4 is 44.3 Å². The molecule has 6 aromatic carbocycles. The standard InChI is InChI=1S/C44H35F3N2O3/c1-28-25-31(44(45,46)47)27-33(26-28)49-39-10-6-5-9-37(39)40-35-7-3-4-8-36(35)42-38(41(40)49)19-20-43(52-42,30-13-17-34(50-2)18-14-30)29-11-15-32(16-12-29)48-21-23-51-24-22-48/h3-20,25-27H,21-24H2,1-2H3. The molecule has 2 aliphatic rings. The Kier molecular flexibility index (Phi) is 7.56. The molecule has 9 rings (SSSR count). The van der Waals surface area contributed by atoms with E-state index in [0.717, 1.165) is 73.8 Å². The maximum Gasteiger partial charge on any atom is 0.416 e. The fourth-order valence-corrected chi connectivity index (χ4v) is 7.96. The molecule has 1 unspecified atom stereocenters. The zero-order chi connectivity index (χ0) is 35.6. The van der Waals surface area contributed by atoms with Gasteiger partial charge in [-0.1, -0.05) is 66.7 Å². The van der Waals surface area contributed by atoms with E-state index in [1.54, 1.807) is 14.0 Å². The average molecular weight is 697 g/mol. The number of halogens is 3. The van der Waals surface area contributed by atoms with Gasteiger partial charge in [-0.2, -0.15) is 13.2 Å². The highest BCUT2D eigenvalue weighted by Gasteiger charge is 2.39. The van der Waals surface area contributed by atoms with Crippen molar-refractivity contribution in [1.29, 1.82) is 0 Å². The lowest BCUT2D eigenvalue weighted by Crippen LogP contribution is -2.36. The minimum atomic E-state index is -4.50. The summed E-state index contributed by atoms with van der Waals surface area (Å²) in [4.78, 5) is 2.32. The first-order valence-corrected chi connectivity index (χ1v) is 17.4. The van der Waals surface area contributed by atoms with Crippen LogP contribution >= 0.6 is 0 Å². The second kappa shape index (κ2) is 12.2. The van der Waals surface area contributed by atoms with Gasteiger partial charge < -0.3 is 23.7 Å². The van der Waals surface area contributed by atoms with Crippen molar-refractivity contribution in [2.75, 3.05) is 38.3 Å². The molecule has 0 amide bonds. The number of ether oxygens (including phenoxy) is 3. The fraction of sp³-hybridized carbons (Fsp3) is 0.182. The number of aryl methyl sites for hydroxylation is 1. The van der Waals surface area contributed by atoms with E-state index < -0.39 is 17.3 Å². The maximum absolute atomic E-state index is 14.2. The summed E-state index contributed by atoms with van der Waals surface area (Å²) >= 11 is 0. The SMILES string of the molecule is COc1ccc(C2(c3ccc(N4CCOCC4)cc3)C=Cc3c(c4ccccc4c4c5ccccc5n(-c5cc(C)cc(C(F)(F)F)c5)c34)O2)cc1. The van der Waals surface area contributed by atoms with Gasteiger partial charge in [-0.3, -0.25) is 0 Å². The molecule has 0 N–H and O–H groups in total. The van der Waals surface area contributed by atoms with E-state index in [-0.39, 0.29) is 0 Å². The number of fused-ring (bicyclic) bond motifs is 8. The van der Waals surface area contributed by atoms with Crippen LogP contribution in [0.3, 0.4) is 0 Å². The Morgan fingerprint density at radius 3 is 2.08 bits per heavy atom. The van der Waals surface area contributed by atoms with E-state index in [9.17, 15) is 13.2 Å². The third-order valence-corrected chi connectivity index (χ3v) is 10.4. The van der Waals surface area contributed by atoms with Gasteiger partial charge in [-0.15, -0.1) is 0 Å². The van der Waals surface area contributed by atoms with E-state index in [0.29, 0.717) is 30.2 Å². The molecule has 8 heteroatoms. The number of hydrogen-bond donors (Lipinski definition) is 0. The van der Waals surface area contributed by atoms with Crippen molar-refractivity contribution in [2.45, 2.75) is 18.7 Å². The number of rotatable bonds is 5. The molecule has 0 saturated carbocycles. The fourth-order valence-electron chi connectivity index (χ4n) is 7.96. The predicted molar refractivity (Wildman–Crippen MR) is 201 cm³/mol. The van der Waals surface area contributed by atoms with Gasteiger partial charge in [0.05, 0.1) is 36.9 Å². The molecule has 0 spiro atoms. The lowest BCUT2D eigenvalue weighted by molar-refractivity contribution is -0.137. The minimum absolute atomic E-state index is 0.440. The van der Waals surface area contributed by atoms with Gasteiger partial charge >= 0.3 is 6.18 Å². The second-order valence-electron chi connectivity index (χ2n) is 13.5. The van der Waals surface area contributed by atoms with Crippen LogP contribution in [0.1, 0.15) is 27.8 Å². The topological polar surface area (TPSA) is 35.9 Å². The van der Waals surface area contributed by atoms with Gasteiger partial charge in [-0.05, 0) is 78.6 Å². The van der Waals surface area contributed by atoms with Gasteiger partial charge in [0.25, 0.3) is 0 Å². The van der Waals surface area contributed by atoms with Crippen molar-refractivity contribution in [3.63, 3.8) is 0 Å². The minimum Gasteiger partial charge on any atom is -0.497 e. The van der Waals surface area contributed by atoms with Gasteiger partial charge in [0.1, 0.15) is 11.5 Å². The van der Waals surface area contributed by atoms with Crippen LogP contribution in [0.15, 0.2) is 121 Å². The number of methoxy groups -OCH3 is 1. The average Bonchev–Trinajstić information content (AvgIpc) is 3.53. The molecule has 52 heavy (non-hydrogen) atoms. The molecule has 1 aromatic heterocycles. The molecular weight excluding hydrogens is 661 g/mol. The number of alkyl halides is 3. The third-order valence-electron chi connectivity index (χ3n) is 10.4. The molecule has 7 aromatic rings. The van der Waals surface area contributed by atoms with E-state index >= 15 is 0 Å². The molecule has 5 nitrogen and oxygen atoms in total. The summed E-state index contributed by atoms with van der Waals surface area (Å²) in [7, 11) is 1.64. The number of hydrogen-bond acceptors (Lipinski definition) is 4. The monoisotopic (exact) mass is 696 g/mol. The molecule has 260 valence electrons.